The minimum Gasteiger partial charge on any atom is -0.423 e. The third kappa shape index (κ3) is 6.36. The quantitative estimate of drug-likeness (QED) is 0.361. The molecule has 5 nitrogen and oxygen atoms in total. The molecule has 1 N–H and O–H groups in total. The topological polar surface area (TPSA) is 72.8 Å². The van der Waals surface area contributed by atoms with E-state index in [9.17, 15) is 14.7 Å². The molecule has 3 aromatic rings. The van der Waals surface area contributed by atoms with Crippen molar-refractivity contribution in [1.82, 2.24) is 0 Å². The van der Waals surface area contributed by atoms with Crippen molar-refractivity contribution in [1.29, 1.82) is 0 Å². The normalized spacial score (nSPS) is 13.7. The zero-order valence-electron chi connectivity index (χ0n) is 18.3. The molecule has 0 aliphatic heterocycles. The summed E-state index contributed by atoms with van der Waals surface area (Å²) in [6, 6.07) is 25.0. The number of hydrogen-bond donors (Lipinski definition) is 1. The van der Waals surface area contributed by atoms with Crippen LogP contribution in [0.1, 0.15) is 41.4 Å². The van der Waals surface area contributed by atoms with Gasteiger partial charge >= 0.3 is 5.97 Å². The number of ether oxygens (including phenoxy) is 2. The van der Waals surface area contributed by atoms with Crippen molar-refractivity contribution in [3.8, 4) is 5.75 Å². The van der Waals surface area contributed by atoms with Crippen LogP contribution >= 0.6 is 0 Å². The Hall–Kier alpha value is -3.28. The Labute approximate surface area is 188 Å². The summed E-state index contributed by atoms with van der Waals surface area (Å²) in [5.41, 5.74) is 2.09. The van der Waals surface area contributed by atoms with Crippen LogP contribution in [0.4, 0.5) is 0 Å². The number of carbonyl (C=O) groups is 2. The molecule has 0 radical (unpaired) electrons. The van der Waals surface area contributed by atoms with Gasteiger partial charge in [-0.15, -0.1) is 0 Å². The molecule has 0 fully saturated rings. The molecule has 0 saturated heterocycles. The van der Waals surface area contributed by atoms with Crippen LogP contribution < -0.4 is 4.74 Å². The summed E-state index contributed by atoms with van der Waals surface area (Å²) in [6.45, 7) is 4.25. The first kappa shape index (κ1) is 23.4. The van der Waals surface area contributed by atoms with E-state index in [4.69, 9.17) is 9.47 Å². The van der Waals surface area contributed by atoms with Crippen LogP contribution in [-0.2, 0) is 16.1 Å². The largest absolute Gasteiger partial charge is 0.423 e. The van der Waals surface area contributed by atoms with Crippen LogP contribution in [0.3, 0.4) is 0 Å². The van der Waals surface area contributed by atoms with E-state index in [1.165, 1.54) is 0 Å². The Balaban J connectivity index is 1.52. The lowest BCUT2D eigenvalue weighted by Gasteiger charge is -2.22. The Morgan fingerprint density at radius 1 is 0.844 bits per heavy atom. The molecule has 0 aliphatic carbocycles. The summed E-state index contributed by atoms with van der Waals surface area (Å²) < 4.78 is 11.0. The fourth-order valence-corrected chi connectivity index (χ4v) is 3.38. The first-order valence-electron chi connectivity index (χ1n) is 10.7. The predicted molar refractivity (Wildman–Crippen MR) is 122 cm³/mol. The van der Waals surface area contributed by atoms with Crippen molar-refractivity contribution < 1.29 is 24.2 Å². The van der Waals surface area contributed by atoms with Gasteiger partial charge in [-0.25, -0.2) is 4.79 Å². The first-order chi connectivity index (χ1) is 15.5. The van der Waals surface area contributed by atoms with Gasteiger partial charge in [0, 0.05) is 11.8 Å². The van der Waals surface area contributed by atoms with Gasteiger partial charge in [0.1, 0.15) is 11.5 Å². The molecular formula is C27H28O5. The fraction of sp³-hybridized carbons (Fsp3) is 0.259. The molecule has 3 rings (SSSR count). The molecular weight excluding hydrogens is 404 g/mol. The molecule has 0 saturated carbocycles. The van der Waals surface area contributed by atoms with Crippen LogP contribution in [0.15, 0.2) is 84.9 Å². The second kappa shape index (κ2) is 11.4. The fourth-order valence-electron chi connectivity index (χ4n) is 3.38. The molecule has 166 valence electrons. The summed E-state index contributed by atoms with van der Waals surface area (Å²) in [7, 11) is 0. The third-order valence-corrected chi connectivity index (χ3v) is 5.33. The van der Waals surface area contributed by atoms with Gasteiger partial charge in [0.25, 0.3) is 0 Å². The molecule has 0 spiro atoms. The van der Waals surface area contributed by atoms with Gasteiger partial charge < -0.3 is 14.6 Å². The summed E-state index contributed by atoms with van der Waals surface area (Å²) in [4.78, 5) is 24.9. The molecule has 0 bridgehead atoms. The Kier molecular flexibility index (Phi) is 8.31. The summed E-state index contributed by atoms with van der Waals surface area (Å²) in [5, 5.41) is 10.7. The zero-order chi connectivity index (χ0) is 22.9. The summed E-state index contributed by atoms with van der Waals surface area (Å²) in [5.74, 6) is -1.08. The van der Waals surface area contributed by atoms with Gasteiger partial charge in [0.05, 0.1) is 24.9 Å². The summed E-state index contributed by atoms with van der Waals surface area (Å²) >= 11 is 0. The SMILES string of the molecule is C[C@H](COCc1ccccc1)C(=O)[C@H](C)[C@H](O)c1ccc(OC(=O)c2ccccc2)cc1. The molecule has 0 aliphatic rings. The number of Topliss-reactive ketones (excluding diaryl/α,β-unsaturated/α-hetero) is 1. The highest BCUT2D eigenvalue weighted by atomic mass is 16.5. The molecule has 3 aromatic carbocycles. The van der Waals surface area contributed by atoms with Crippen molar-refractivity contribution in [2.24, 2.45) is 11.8 Å². The minimum atomic E-state index is -0.960. The predicted octanol–water partition coefficient (Wildman–Crippen LogP) is 5.00. The van der Waals surface area contributed by atoms with Crippen molar-refractivity contribution in [3.05, 3.63) is 102 Å². The number of ketones is 1. The smallest absolute Gasteiger partial charge is 0.343 e. The maximum Gasteiger partial charge on any atom is 0.343 e. The number of aliphatic hydroxyl groups is 1. The maximum absolute atomic E-state index is 12.8. The lowest BCUT2D eigenvalue weighted by molar-refractivity contribution is -0.131. The molecule has 0 aromatic heterocycles. The van der Waals surface area contributed by atoms with E-state index in [-0.39, 0.29) is 11.7 Å². The first-order valence-corrected chi connectivity index (χ1v) is 10.7. The van der Waals surface area contributed by atoms with E-state index < -0.39 is 18.0 Å². The number of carbonyl (C=O) groups excluding carboxylic acids is 2. The molecule has 5 heteroatoms. The third-order valence-electron chi connectivity index (χ3n) is 5.33. The Bertz CT molecular complexity index is 999. The van der Waals surface area contributed by atoms with Gasteiger partial charge in [-0.05, 0) is 35.4 Å². The summed E-state index contributed by atoms with van der Waals surface area (Å²) in [6.07, 6.45) is -0.960. The van der Waals surface area contributed by atoms with Crippen molar-refractivity contribution in [3.63, 3.8) is 0 Å². The van der Waals surface area contributed by atoms with Crippen LogP contribution in [0.5, 0.6) is 5.75 Å². The minimum absolute atomic E-state index is 0.0647. The van der Waals surface area contributed by atoms with Crippen molar-refractivity contribution in [2.75, 3.05) is 6.61 Å². The van der Waals surface area contributed by atoms with E-state index in [1.54, 1.807) is 55.5 Å². The maximum atomic E-state index is 12.8. The van der Waals surface area contributed by atoms with Crippen molar-refractivity contribution >= 4 is 11.8 Å². The van der Waals surface area contributed by atoms with Crippen LogP contribution in [0, 0.1) is 11.8 Å². The Morgan fingerprint density at radius 2 is 1.44 bits per heavy atom. The highest BCUT2D eigenvalue weighted by molar-refractivity contribution is 5.91. The Morgan fingerprint density at radius 3 is 2.06 bits per heavy atom. The molecule has 0 amide bonds. The standard InChI is InChI=1S/C27H28O5/c1-19(17-31-18-21-9-5-3-6-10-21)25(28)20(2)26(29)22-13-15-24(16-14-22)32-27(30)23-11-7-4-8-12-23/h3-16,19-20,26,29H,17-18H2,1-2H3/t19-,20+,26+/m1/s1. The van der Waals surface area contributed by atoms with Crippen molar-refractivity contribution in [2.45, 2.75) is 26.6 Å². The lowest BCUT2D eigenvalue weighted by Crippen LogP contribution is -2.27. The number of aliphatic hydroxyl groups excluding tert-OH is 1. The van der Waals surface area contributed by atoms with E-state index in [0.717, 1.165) is 5.56 Å². The van der Waals surface area contributed by atoms with Gasteiger partial charge in [0.2, 0.25) is 0 Å². The van der Waals surface area contributed by atoms with Gasteiger partial charge in [-0.2, -0.15) is 0 Å². The lowest BCUT2D eigenvalue weighted by atomic mass is 9.88. The average Bonchev–Trinajstić information content (AvgIpc) is 2.84. The van der Waals surface area contributed by atoms with Crippen LogP contribution in [-0.4, -0.2) is 23.5 Å². The second-order valence-corrected chi connectivity index (χ2v) is 7.86. The average molecular weight is 433 g/mol. The molecule has 0 heterocycles. The highest BCUT2D eigenvalue weighted by Crippen LogP contribution is 2.27. The van der Waals surface area contributed by atoms with E-state index in [1.807, 2.05) is 43.3 Å². The van der Waals surface area contributed by atoms with E-state index >= 15 is 0 Å². The monoisotopic (exact) mass is 432 g/mol. The highest BCUT2D eigenvalue weighted by Gasteiger charge is 2.27. The number of hydrogen-bond acceptors (Lipinski definition) is 5. The molecule has 3 atom stereocenters. The van der Waals surface area contributed by atoms with Gasteiger partial charge in [-0.1, -0.05) is 74.5 Å². The van der Waals surface area contributed by atoms with E-state index in [2.05, 4.69) is 0 Å². The number of esters is 1. The van der Waals surface area contributed by atoms with E-state index in [0.29, 0.717) is 30.1 Å². The number of rotatable bonds is 10. The molecule has 32 heavy (non-hydrogen) atoms. The van der Waals surface area contributed by atoms with Crippen LogP contribution in [0.25, 0.3) is 0 Å². The van der Waals surface area contributed by atoms with Gasteiger partial charge in [-0.3, -0.25) is 4.79 Å². The number of benzene rings is 3. The zero-order valence-corrected chi connectivity index (χ0v) is 18.3. The molecule has 0 unspecified atom stereocenters. The van der Waals surface area contributed by atoms with Crippen LogP contribution in [0.2, 0.25) is 0 Å². The van der Waals surface area contributed by atoms with Gasteiger partial charge in [0.15, 0.2) is 0 Å². The second-order valence-electron chi connectivity index (χ2n) is 7.86.